The molecule has 1 unspecified atom stereocenters. The fourth-order valence-corrected chi connectivity index (χ4v) is 5.44. The van der Waals surface area contributed by atoms with E-state index in [1.165, 1.54) is 17.5 Å². The van der Waals surface area contributed by atoms with E-state index in [0.717, 1.165) is 10.4 Å². The SMILES string of the molecule is CC1NC=C(C(=O)NCCN2CCCC(F)(F)C2)C=C1NC(=O)c1cnn2cc(-c3cnn(C)c3)sc12. The van der Waals surface area contributed by atoms with Gasteiger partial charge in [0.1, 0.15) is 4.83 Å². The molecule has 3 aromatic heterocycles. The van der Waals surface area contributed by atoms with Crippen LogP contribution in [0.4, 0.5) is 8.78 Å². The second-order valence-corrected chi connectivity index (χ2v) is 10.4. The van der Waals surface area contributed by atoms with E-state index in [9.17, 15) is 18.4 Å². The van der Waals surface area contributed by atoms with Gasteiger partial charge in [0.2, 0.25) is 0 Å². The summed E-state index contributed by atoms with van der Waals surface area (Å²) in [6, 6.07) is -0.226. The highest BCUT2D eigenvalue weighted by Crippen LogP contribution is 2.30. The van der Waals surface area contributed by atoms with Crippen LogP contribution in [0.3, 0.4) is 0 Å². The maximum atomic E-state index is 13.6. The molecule has 0 aliphatic carbocycles. The van der Waals surface area contributed by atoms with Crippen LogP contribution in [0.15, 0.2) is 48.3 Å². The highest BCUT2D eigenvalue weighted by molar-refractivity contribution is 7.21. The van der Waals surface area contributed by atoms with Gasteiger partial charge in [-0.3, -0.25) is 19.2 Å². The number of likely N-dealkylation sites (tertiary alicyclic amines) is 1. The molecule has 2 aliphatic rings. The molecule has 37 heavy (non-hydrogen) atoms. The van der Waals surface area contributed by atoms with Gasteiger partial charge in [0.05, 0.1) is 41.0 Å². The van der Waals surface area contributed by atoms with Gasteiger partial charge >= 0.3 is 0 Å². The van der Waals surface area contributed by atoms with Crippen molar-refractivity contribution in [1.82, 2.24) is 40.2 Å². The number of piperidine rings is 1. The van der Waals surface area contributed by atoms with Crippen molar-refractivity contribution in [2.24, 2.45) is 7.05 Å². The number of aryl methyl sites for hydroxylation is 1. The first-order valence-corrected chi connectivity index (χ1v) is 12.8. The Kier molecular flexibility index (Phi) is 6.82. The third-order valence-electron chi connectivity index (χ3n) is 6.40. The Morgan fingerprint density at radius 2 is 2.08 bits per heavy atom. The van der Waals surface area contributed by atoms with Crippen LogP contribution in [0.2, 0.25) is 0 Å². The van der Waals surface area contributed by atoms with Gasteiger partial charge in [-0.2, -0.15) is 10.2 Å². The first kappa shape index (κ1) is 25.1. The molecule has 0 saturated carbocycles. The van der Waals surface area contributed by atoms with Crippen molar-refractivity contribution >= 4 is 28.0 Å². The lowest BCUT2D eigenvalue weighted by Crippen LogP contribution is -2.46. The second kappa shape index (κ2) is 10.1. The van der Waals surface area contributed by atoms with Gasteiger partial charge in [0.15, 0.2) is 0 Å². The summed E-state index contributed by atoms with van der Waals surface area (Å²) >= 11 is 1.44. The topological polar surface area (TPSA) is 109 Å². The summed E-state index contributed by atoms with van der Waals surface area (Å²) < 4.78 is 30.5. The quantitative estimate of drug-likeness (QED) is 0.432. The van der Waals surface area contributed by atoms with Crippen LogP contribution in [0.25, 0.3) is 15.3 Å². The normalized spacial score (nSPS) is 19.7. The average molecular weight is 531 g/mol. The zero-order valence-electron chi connectivity index (χ0n) is 20.5. The molecule has 3 N–H and O–H groups in total. The average Bonchev–Trinajstić information content (AvgIpc) is 3.55. The van der Waals surface area contributed by atoms with Crippen molar-refractivity contribution in [3.05, 3.63) is 53.9 Å². The number of thiazole rings is 1. The van der Waals surface area contributed by atoms with E-state index in [1.54, 1.807) is 32.6 Å². The monoisotopic (exact) mass is 530 g/mol. The minimum absolute atomic E-state index is 0.0883. The smallest absolute Gasteiger partial charge is 0.260 e. The third-order valence-corrected chi connectivity index (χ3v) is 7.56. The molecule has 10 nitrogen and oxygen atoms in total. The van der Waals surface area contributed by atoms with Crippen LogP contribution in [0.5, 0.6) is 0 Å². The Morgan fingerprint density at radius 3 is 2.84 bits per heavy atom. The van der Waals surface area contributed by atoms with Crippen molar-refractivity contribution in [3.8, 4) is 10.4 Å². The number of nitrogens with zero attached hydrogens (tertiary/aromatic N) is 5. The highest BCUT2D eigenvalue weighted by Gasteiger charge is 2.34. The number of aromatic nitrogens is 4. The van der Waals surface area contributed by atoms with Gasteiger partial charge in [-0.15, -0.1) is 11.3 Å². The van der Waals surface area contributed by atoms with Crippen molar-refractivity contribution in [3.63, 3.8) is 0 Å². The third kappa shape index (κ3) is 5.57. The number of hydrogen-bond acceptors (Lipinski definition) is 7. The summed E-state index contributed by atoms with van der Waals surface area (Å²) in [5.41, 5.74) is 2.24. The number of dihydropyridines is 1. The van der Waals surface area contributed by atoms with E-state index in [1.807, 2.05) is 26.4 Å². The van der Waals surface area contributed by atoms with E-state index < -0.39 is 5.92 Å². The summed E-state index contributed by atoms with van der Waals surface area (Å²) in [5, 5.41) is 17.3. The van der Waals surface area contributed by atoms with Crippen molar-refractivity contribution in [2.45, 2.75) is 31.7 Å². The molecule has 1 saturated heterocycles. The molecule has 1 atom stereocenters. The molecular weight excluding hydrogens is 502 g/mol. The number of nitrogens with one attached hydrogen (secondary N) is 3. The van der Waals surface area contributed by atoms with Gasteiger partial charge in [0.25, 0.3) is 17.7 Å². The first-order valence-electron chi connectivity index (χ1n) is 12.0. The summed E-state index contributed by atoms with van der Waals surface area (Å²) in [6.07, 6.45) is 10.6. The Morgan fingerprint density at radius 1 is 1.24 bits per heavy atom. The predicted molar refractivity (Wildman–Crippen MR) is 135 cm³/mol. The molecule has 0 spiro atoms. The lowest BCUT2D eigenvalue weighted by Gasteiger charge is -2.32. The summed E-state index contributed by atoms with van der Waals surface area (Å²) in [7, 11) is 1.84. The summed E-state index contributed by atoms with van der Waals surface area (Å²) in [5.74, 6) is -3.35. The largest absolute Gasteiger partial charge is 0.382 e. The van der Waals surface area contributed by atoms with Crippen molar-refractivity contribution in [1.29, 1.82) is 0 Å². The lowest BCUT2D eigenvalue weighted by atomic mass is 10.1. The molecule has 0 radical (unpaired) electrons. The predicted octanol–water partition coefficient (Wildman–Crippen LogP) is 2.13. The van der Waals surface area contributed by atoms with Crippen molar-refractivity contribution in [2.75, 3.05) is 26.2 Å². The van der Waals surface area contributed by atoms with Gasteiger partial charge in [-0.1, -0.05) is 0 Å². The maximum absolute atomic E-state index is 13.6. The first-order chi connectivity index (χ1) is 17.7. The highest BCUT2D eigenvalue weighted by atomic mass is 32.1. The van der Waals surface area contributed by atoms with Crippen molar-refractivity contribution < 1.29 is 18.4 Å². The summed E-state index contributed by atoms with van der Waals surface area (Å²) in [6.45, 7) is 2.79. The molecule has 5 rings (SSSR count). The number of amides is 2. The summed E-state index contributed by atoms with van der Waals surface area (Å²) in [4.78, 5) is 29.1. The van der Waals surface area contributed by atoms with Crippen LogP contribution in [-0.2, 0) is 11.8 Å². The number of fused-ring (bicyclic) bond motifs is 1. The van der Waals surface area contributed by atoms with Crippen LogP contribution in [0, 0.1) is 0 Å². The number of hydrogen-bond donors (Lipinski definition) is 3. The molecule has 5 heterocycles. The number of rotatable bonds is 7. The van der Waals surface area contributed by atoms with E-state index in [4.69, 9.17) is 0 Å². The molecule has 0 bridgehead atoms. The molecule has 3 aromatic rings. The molecule has 1 fully saturated rings. The van der Waals surface area contributed by atoms with E-state index in [0.29, 0.717) is 41.2 Å². The van der Waals surface area contributed by atoms with E-state index in [-0.39, 0.29) is 37.4 Å². The fraction of sp³-hybridized carbons (Fsp3) is 0.417. The zero-order valence-corrected chi connectivity index (χ0v) is 21.3. The molecular formula is C24H28F2N8O2S. The number of carbonyl (C=O) groups excluding carboxylic acids is 2. The van der Waals surface area contributed by atoms with Crippen LogP contribution >= 0.6 is 11.3 Å². The minimum atomic E-state index is -2.67. The molecule has 2 amide bonds. The standard InChI is InChI=1S/C24H28F2N8O2S/c1-15-19(8-16(9-28-15)21(35)27-5-7-33-6-3-4-24(25,26)14-33)31-22(36)18-11-30-34-13-20(37-23(18)34)17-10-29-32(2)12-17/h8-13,15,28H,3-7,14H2,1-2H3,(H,27,35)(H,31,36). The van der Waals surface area contributed by atoms with Gasteiger partial charge in [0, 0.05) is 56.4 Å². The zero-order chi connectivity index (χ0) is 26.2. The van der Waals surface area contributed by atoms with E-state index >= 15 is 0 Å². The lowest BCUT2D eigenvalue weighted by molar-refractivity contribution is -0.117. The number of alkyl halides is 2. The Labute approximate surface area is 216 Å². The van der Waals surface area contributed by atoms with Gasteiger partial charge in [-0.05, 0) is 26.0 Å². The maximum Gasteiger partial charge on any atom is 0.260 e. The molecule has 13 heteroatoms. The Hall–Kier alpha value is -3.58. The van der Waals surface area contributed by atoms with Crippen LogP contribution in [0.1, 0.15) is 30.1 Å². The van der Waals surface area contributed by atoms with Crippen LogP contribution < -0.4 is 16.0 Å². The molecule has 2 aliphatic heterocycles. The molecule has 196 valence electrons. The fourth-order valence-electron chi connectivity index (χ4n) is 4.40. The van der Waals surface area contributed by atoms with Gasteiger partial charge < -0.3 is 16.0 Å². The van der Waals surface area contributed by atoms with Crippen LogP contribution in [-0.4, -0.2) is 74.3 Å². The molecule has 0 aromatic carbocycles. The van der Waals surface area contributed by atoms with Gasteiger partial charge in [-0.25, -0.2) is 13.3 Å². The second-order valence-electron chi connectivity index (χ2n) is 9.34. The Balaban J connectivity index is 1.22. The number of halogens is 2. The minimum Gasteiger partial charge on any atom is -0.382 e. The number of carbonyl (C=O) groups is 2. The van der Waals surface area contributed by atoms with E-state index in [2.05, 4.69) is 26.1 Å². The Bertz CT molecular complexity index is 1390.